The summed E-state index contributed by atoms with van der Waals surface area (Å²) in [6, 6.07) is -0.368. The highest BCUT2D eigenvalue weighted by Gasteiger charge is 2.02. The first-order valence-electron chi connectivity index (χ1n) is 3.44. The van der Waals surface area contributed by atoms with Crippen LogP contribution in [0.1, 0.15) is 6.92 Å². The van der Waals surface area contributed by atoms with Crippen LogP contribution in [0.2, 0.25) is 0 Å². The molecule has 0 saturated carbocycles. The van der Waals surface area contributed by atoms with Gasteiger partial charge in [-0.05, 0) is 5.92 Å². The lowest BCUT2D eigenvalue weighted by Crippen LogP contribution is -2.42. The summed E-state index contributed by atoms with van der Waals surface area (Å²) in [6.07, 6.45) is 0. The summed E-state index contributed by atoms with van der Waals surface area (Å²) in [5, 5.41) is 2.56. The average molecular weight is 161 g/mol. The van der Waals surface area contributed by atoms with Crippen molar-refractivity contribution in [1.29, 1.82) is 0 Å². The Kier molecular flexibility index (Phi) is 5.50. The van der Waals surface area contributed by atoms with Gasteiger partial charge in [-0.1, -0.05) is 6.92 Å². The lowest BCUT2D eigenvalue weighted by atomic mass is 10.2. The minimum Gasteiger partial charge on any atom is -0.384 e. The average Bonchev–Trinajstić information content (AvgIpc) is 2.01. The number of nitrogens with two attached hydrogens (primary N) is 1. The molecule has 0 aromatic carbocycles. The molecule has 1 atom stereocenters. The number of methoxy groups -OCH3 is 1. The molecule has 0 saturated heterocycles. The minimum absolute atomic E-state index is 0.303. The fourth-order valence-electron chi connectivity index (χ4n) is 0.661. The molecule has 0 rings (SSSR count). The van der Waals surface area contributed by atoms with Crippen molar-refractivity contribution in [1.82, 2.24) is 10.7 Å². The maximum Gasteiger partial charge on any atom is 0.328 e. The van der Waals surface area contributed by atoms with E-state index in [0.717, 1.165) is 0 Å². The van der Waals surface area contributed by atoms with Crippen molar-refractivity contribution in [3.05, 3.63) is 0 Å². The lowest BCUT2D eigenvalue weighted by Gasteiger charge is -2.10. The molecule has 4 N–H and O–H groups in total. The van der Waals surface area contributed by atoms with Crippen molar-refractivity contribution in [3.63, 3.8) is 0 Å². The molecule has 0 fully saturated rings. The van der Waals surface area contributed by atoms with Crippen LogP contribution >= 0.6 is 0 Å². The highest BCUT2D eigenvalue weighted by atomic mass is 16.5. The molecule has 66 valence electrons. The SMILES string of the molecule is COCC(C)CNC(=O)NN. The van der Waals surface area contributed by atoms with Gasteiger partial charge in [-0.3, -0.25) is 5.43 Å². The standard InChI is InChI=1S/C6H15N3O2/c1-5(4-11-2)3-8-6(10)9-7/h5H,3-4,7H2,1-2H3,(H2,8,9,10). The molecule has 11 heavy (non-hydrogen) atoms. The summed E-state index contributed by atoms with van der Waals surface area (Å²) in [5.74, 6) is 5.14. The summed E-state index contributed by atoms with van der Waals surface area (Å²) in [5.41, 5.74) is 1.97. The molecule has 0 aliphatic heterocycles. The maximum absolute atomic E-state index is 10.5. The van der Waals surface area contributed by atoms with E-state index in [4.69, 9.17) is 10.6 Å². The quantitative estimate of drug-likeness (QED) is 0.294. The van der Waals surface area contributed by atoms with E-state index in [1.807, 2.05) is 12.3 Å². The van der Waals surface area contributed by atoms with Crippen molar-refractivity contribution >= 4 is 6.03 Å². The Morgan fingerprint density at radius 2 is 2.36 bits per heavy atom. The summed E-state index contributed by atoms with van der Waals surface area (Å²) >= 11 is 0. The van der Waals surface area contributed by atoms with Crippen molar-refractivity contribution in [2.24, 2.45) is 11.8 Å². The van der Waals surface area contributed by atoms with Gasteiger partial charge in [0.15, 0.2) is 0 Å². The van der Waals surface area contributed by atoms with E-state index in [2.05, 4.69) is 5.32 Å². The molecular formula is C6H15N3O2. The molecule has 0 aromatic rings. The molecule has 5 heteroatoms. The lowest BCUT2D eigenvalue weighted by molar-refractivity contribution is 0.158. The second kappa shape index (κ2) is 5.94. The normalized spacial score (nSPS) is 12.3. The Bertz CT molecular complexity index is 118. The van der Waals surface area contributed by atoms with Crippen LogP contribution in [-0.2, 0) is 4.74 Å². The Balaban J connectivity index is 3.29. The number of hydrogen-bond acceptors (Lipinski definition) is 3. The molecule has 0 aliphatic carbocycles. The van der Waals surface area contributed by atoms with E-state index in [0.29, 0.717) is 19.1 Å². The molecule has 0 bridgehead atoms. The molecule has 0 aliphatic rings. The van der Waals surface area contributed by atoms with Gasteiger partial charge in [0.25, 0.3) is 0 Å². The zero-order valence-corrected chi connectivity index (χ0v) is 6.89. The molecule has 0 spiro atoms. The van der Waals surface area contributed by atoms with E-state index in [-0.39, 0.29) is 6.03 Å². The van der Waals surface area contributed by atoms with Gasteiger partial charge in [-0.25, -0.2) is 10.6 Å². The highest BCUT2D eigenvalue weighted by Crippen LogP contribution is 1.91. The van der Waals surface area contributed by atoms with Crippen LogP contribution < -0.4 is 16.6 Å². The number of hydrogen-bond donors (Lipinski definition) is 3. The number of ether oxygens (including phenoxy) is 1. The molecule has 5 nitrogen and oxygen atoms in total. The second-order valence-corrected chi connectivity index (χ2v) is 2.41. The Morgan fingerprint density at radius 1 is 1.73 bits per heavy atom. The highest BCUT2D eigenvalue weighted by molar-refractivity contribution is 5.72. The first-order chi connectivity index (χ1) is 5.20. The fraction of sp³-hybridized carbons (Fsp3) is 0.833. The van der Waals surface area contributed by atoms with Crippen LogP contribution in [-0.4, -0.2) is 26.3 Å². The Hall–Kier alpha value is -0.810. The van der Waals surface area contributed by atoms with Crippen LogP contribution in [0.25, 0.3) is 0 Å². The van der Waals surface area contributed by atoms with Crippen molar-refractivity contribution in [3.8, 4) is 0 Å². The molecule has 0 aromatic heterocycles. The Labute approximate surface area is 66.2 Å². The first-order valence-corrected chi connectivity index (χ1v) is 3.44. The zero-order chi connectivity index (χ0) is 8.69. The topological polar surface area (TPSA) is 76.4 Å². The number of nitrogens with one attached hydrogen (secondary N) is 2. The van der Waals surface area contributed by atoms with E-state index >= 15 is 0 Å². The summed E-state index contributed by atoms with van der Waals surface area (Å²) in [4.78, 5) is 10.5. The molecule has 1 unspecified atom stereocenters. The van der Waals surface area contributed by atoms with E-state index < -0.39 is 0 Å². The number of urea groups is 1. The van der Waals surface area contributed by atoms with Crippen LogP contribution in [0, 0.1) is 5.92 Å². The van der Waals surface area contributed by atoms with E-state index in [1.54, 1.807) is 7.11 Å². The van der Waals surface area contributed by atoms with E-state index in [1.165, 1.54) is 0 Å². The molecule has 0 radical (unpaired) electrons. The summed E-state index contributed by atoms with van der Waals surface area (Å²) < 4.78 is 4.87. The van der Waals surface area contributed by atoms with Gasteiger partial charge >= 0.3 is 6.03 Å². The number of carbonyl (C=O) groups is 1. The minimum atomic E-state index is -0.368. The van der Waals surface area contributed by atoms with Crippen LogP contribution in [0.3, 0.4) is 0 Å². The third-order valence-corrected chi connectivity index (χ3v) is 1.19. The van der Waals surface area contributed by atoms with Gasteiger partial charge in [0.1, 0.15) is 0 Å². The molecule has 0 heterocycles. The number of rotatable bonds is 4. The summed E-state index contributed by atoms with van der Waals surface area (Å²) in [6.45, 7) is 3.17. The third-order valence-electron chi connectivity index (χ3n) is 1.19. The maximum atomic E-state index is 10.5. The van der Waals surface area contributed by atoms with Crippen LogP contribution in [0.4, 0.5) is 4.79 Å². The van der Waals surface area contributed by atoms with Crippen LogP contribution in [0.5, 0.6) is 0 Å². The van der Waals surface area contributed by atoms with Crippen molar-refractivity contribution in [2.75, 3.05) is 20.3 Å². The second-order valence-electron chi connectivity index (χ2n) is 2.41. The van der Waals surface area contributed by atoms with Crippen molar-refractivity contribution in [2.45, 2.75) is 6.92 Å². The van der Waals surface area contributed by atoms with Gasteiger partial charge in [-0.15, -0.1) is 0 Å². The smallest absolute Gasteiger partial charge is 0.328 e. The van der Waals surface area contributed by atoms with Crippen LogP contribution in [0.15, 0.2) is 0 Å². The zero-order valence-electron chi connectivity index (χ0n) is 6.89. The molecule has 2 amide bonds. The van der Waals surface area contributed by atoms with Gasteiger partial charge in [0.2, 0.25) is 0 Å². The fourth-order valence-corrected chi connectivity index (χ4v) is 0.661. The van der Waals surface area contributed by atoms with Gasteiger partial charge in [0, 0.05) is 13.7 Å². The summed E-state index contributed by atoms with van der Waals surface area (Å²) in [7, 11) is 1.62. The first kappa shape index (κ1) is 10.2. The third kappa shape index (κ3) is 5.63. The van der Waals surface area contributed by atoms with E-state index in [9.17, 15) is 4.79 Å². The molecular weight excluding hydrogens is 146 g/mol. The number of hydrazine groups is 1. The van der Waals surface area contributed by atoms with Gasteiger partial charge in [-0.2, -0.15) is 0 Å². The number of amides is 2. The Morgan fingerprint density at radius 3 is 2.82 bits per heavy atom. The van der Waals surface area contributed by atoms with Crippen molar-refractivity contribution < 1.29 is 9.53 Å². The van der Waals surface area contributed by atoms with Gasteiger partial charge < -0.3 is 10.1 Å². The predicted octanol–water partition coefficient (Wildman–Crippen LogP) is -0.558. The monoisotopic (exact) mass is 161 g/mol. The predicted molar refractivity (Wildman–Crippen MR) is 41.8 cm³/mol. The number of carbonyl (C=O) groups excluding carboxylic acids is 1. The largest absolute Gasteiger partial charge is 0.384 e. The van der Waals surface area contributed by atoms with Gasteiger partial charge in [0.05, 0.1) is 6.61 Å².